The molecule has 2 aromatic rings. The molecule has 3 rings (SSSR count). The van der Waals surface area contributed by atoms with E-state index in [0.29, 0.717) is 6.04 Å². The maximum Gasteiger partial charge on any atom is 0.127 e. The molecule has 1 aliphatic carbocycles. The van der Waals surface area contributed by atoms with Crippen molar-refractivity contribution in [3.63, 3.8) is 0 Å². The van der Waals surface area contributed by atoms with Crippen LogP contribution in [0.1, 0.15) is 31.4 Å². The fraction of sp³-hybridized carbons (Fsp3) is 0.333. The summed E-state index contributed by atoms with van der Waals surface area (Å²) >= 11 is 0. The molecule has 0 aromatic heterocycles. The number of hydrogen-bond acceptors (Lipinski definition) is 1. The Kier molecular flexibility index (Phi) is 16.2. The van der Waals surface area contributed by atoms with Crippen molar-refractivity contribution in [2.24, 2.45) is 0 Å². The zero-order valence-electron chi connectivity index (χ0n) is 17.2. The van der Waals surface area contributed by atoms with Crippen LogP contribution >= 0.6 is 0 Å². The van der Waals surface area contributed by atoms with E-state index in [1.54, 1.807) is 0 Å². The van der Waals surface area contributed by atoms with Gasteiger partial charge in [-0.15, -0.1) is 6.42 Å². The monoisotopic (exact) mass is 411 g/mol. The van der Waals surface area contributed by atoms with E-state index >= 15 is 0 Å². The van der Waals surface area contributed by atoms with Crippen molar-refractivity contribution < 1.29 is 21.7 Å². The second kappa shape index (κ2) is 16.9. The van der Waals surface area contributed by atoms with Crippen LogP contribution in [0, 0.1) is 6.08 Å². The van der Waals surface area contributed by atoms with Gasteiger partial charge in [0.2, 0.25) is 0 Å². The third kappa shape index (κ3) is 15.6. The van der Waals surface area contributed by atoms with Crippen LogP contribution in [0.25, 0.3) is 0 Å². The molecule has 0 saturated carbocycles. The van der Waals surface area contributed by atoms with Crippen molar-refractivity contribution in [2.45, 2.75) is 52.2 Å². The molecule has 3 heteroatoms. The Balaban J connectivity index is 0.000000437. The van der Waals surface area contributed by atoms with E-state index in [2.05, 4.69) is 105 Å². The average Bonchev–Trinajstić information content (AvgIpc) is 3.21. The van der Waals surface area contributed by atoms with E-state index in [-0.39, 0.29) is 30.7 Å². The summed E-state index contributed by atoms with van der Waals surface area (Å²) in [6.45, 7) is 8.87. The van der Waals surface area contributed by atoms with E-state index in [9.17, 15) is 0 Å². The fourth-order valence-corrected chi connectivity index (χ4v) is 3.65. The molecule has 0 heterocycles. The molecule has 1 aliphatic rings. The predicted octanol–water partition coefficient (Wildman–Crippen LogP) is 6.01. The molecule has 0 unspecified atom stereocenters. The maximum atomic E-state index is 3.41. The minimum atomic E-state index is -0.184. The van der Waals surface area contributed by atoms with E-state index in [1.807, 2.05) is 12.2 Å². The van der Waals surface area contributed by atoms with Crippen LogP contribution in [0.15, 0.2) is 78.9 Å². The Morgan fingerprint density at radius 2 is 1.37 bits per heavy atom. The first-order valence-electron chi connectivity index (χ1n) is 9.44. The van der Waals surface area contributed by atoms with Crippen molar-refractivity contribution in [1.82, 2.24) is 4.98 Å². The molecule has 0 aliphatic heterocycles. The van der Waals surface area contributed by atoms with Gasteiger partial charge in [0.05, 0.1) is 0 Å². The van der Waals surface area contributed by atoms with Gasteiger partial charge in [0, 0.05) is 21.7 Å². The minimum absolute atomic E-state index is 0. The van der Waals surface area contributed by atoms with Gasteiger partial charge < -0.3 is 4.98 Å². The summed E-state index contributed by atoms with van der Waals surface area (Å²) in [6.07, 6.45) is 12.3. The third-order valence-electron chi connectivity index (χ3n) is 3.55. The SMILES string of the molecule is CC(C)N[Si](C)C.[C-]1=CC=CC1.[Ti].c1ccc(CCc2ccccc2)cc1. The molecule has 1 N–H and O–H groups in total. The smallest absolute Gasteiger partial charge is 0.127 e. The topological polar surface area (TPSA) is 12.0 Å². The standard InChI is InChI=1S/C14H14.C5H14NSi.C5H5.Ti/c1-3-7-13(8-4-1)11-12-14-9-5-2-6-10-14;1-5(2)6-7(3)4;1-2-4-5-3-1;/h1-10H,11-12H2;5-6H,1-4H3;1-3H,4H2;/q;;-1;. The number of allylic oxidation sites excluding steroid dienone is 4. The molecule has 0 amide bonds. The molecule has 27 heavy (non-hydrogen) atoms. The van der Waals surface area contributed by atoms with Crippen LogP contribution in [0.4, 0.5) is 0 Å². The zero-order valence-corrected chi connectivity index (χ0v) is 19.8. The van der Waals surface area contributed by atoms with E-state index in [0.717, 1.165) is 19.3 Å². The van der Waals surface area contributed by atoms with Gasteiger partial charge in [-0.3, -0.25) is 6.08 Å². The summed E-state index contributed by atoms with van der Waals surface area (Å²) in [7, 11) is -0.184. The van der Waals surface area contributed by atoms with Crippen molar-refractivity contribution >= 4 is 8.96 Å². The summed E-state index contributed by atoms with van der Waals surface area (Å²) in [6, 6.07) is 21.9. The zero-order chi connectivity index (χ0) is 19.0. The van der Waals surface area contributed by atoms with Crippen LogP contribution in [0.3, 0.4) is 0 Å². The fourth-order valence-electron chi connectivity index (χ4n) is 2.50. The Bertz CT molecular complexity index is 566. The van der Waals surface area contributed by atoms with Crippen molar-refractivity contribution in [1.29, 1.82) is 0 Å². The van der Waals surface area contributed by atoms with Gasteiger partial charge in [-0.25, -0.2) is 12.2 Å². The Morgan fingerprint density at radius 3 is 1.59 bits per heavy atom. The summed E-state index contributed by atoms with van der Waals surface area (Å²) in [5.41, 5.74) is 2.83. The summed E-state index contributed by atoms with van der Waals surface area (Å²) in [5.74, 6) is 0. The summed E-state index contributed by atoms with van der Waals surface area (Å²) in [5, 5.41) is 0. The van der Waals surface area contributed by atoms with Crippen LogP contribution < -0.4 is 4.98 Å². The van der Waals surface area contributed by atoms with Gasteiger partial charge in [-0.05, 0) is 30.0 Å². The van der Waals surface area contributed by atoms with Crippen LogP contribution in [-0.4, -0.2) is 15.0 Å². The summed E-state index contributed by atoms with van der Waals surface area (Å²) in [4.78, 5) is 3.41. The number of nitrogens with one attached hydrogen (secondary N) is 1. The van der Waals surface area contributed by atoms with Crippen molar-refractivity contribution in [3.05, 3.63) is 96.1 Å². The Morgan fingerprint density at radius 1 is 0.889 bits per heavy atom. The van der Waals surface area contributed by atoms with E-state index in [4.69, 9.17) is 0 Å². The number of hydrogen-bond donors (Lipinski definition) is 1. The molecule has 1 radical (unpaired) electrons. The van der Waals surface area contributed by atoms with Crippen LogP contribution in [0.2, 0.25) is 13.1 Å². The average molecular weight is 411 g/mol. The van der Waals surface area contributed by atoms with Gasteiger partial charge in [0.1, 0.15) is 8.96 Å². The van der Waals surface area contributed by atoms with Crippen LogP contribution in [0.5, 0.6) is 0 Å². The molecule has 0 fully saturated rings. The minimum Gasteiger partial charge on any atom is -0.336 e. The molecule has 0 bridgehead atoms. The van der Waals surface area contributed by atoms with Crippen LogP contribution in [-0.2, 0) is 34.6 Å². The van der Waals surface area contributed by atoms with E-state index < -0.39 is 0 Å². The Hall–Kier alpha value is -1.19. The van der Waals surface area contributed by atoms with Gasteiger partial charge >= 0.3 is 0 Å². The van der Waals surface area contributed by atoms with Gasteiger partial charge in [-0.1, -0.05) is 87.6 Å². The number of benzene rings is 2. The molecule has 143 valence electrons. The molecule has 0 atom stereocenters. The third-order valence-corrected chi connectivity index (χ3v) is 4.71. The molecular formula is C24H33NSiTi-. The van der Waals surface area contributed by atoms with Gasteiger partial charge in [0.25, 0.3) is 0 Å². The van der Waals surface area contributed by atoms with Gasteiger partial charge in [0.15, 0.2) is 0 Å². The largest absolute Gasteiger partial charge is 0.336 e. The van der Waals surface area contributed by atoms with Crippen molar-refractivity contribution in [3.8, 4) is 0 Å². The second-order valence-electron chi connectivity index (χ2n) is 6.77. The first-order chi connectivity index (χ1) is 12.6. The first-order valence-corrected chi connectivity index (χ1v) is 11.9. The number of aryl methyl sites for hydroxylation is 2. The normalized spacial score (nSPS) is 11.3. The Labute approximate surface area is 183 Å². The maximum absolute atomic E-state index is 3.41. The quantitative estimate of drug-likeness (QED) is 0.469. The predicted molar refractivity (Wildman–Crippen MR) is 118 cm³/mol. The molecule has 0 saturated heterocycles. The summed E-state index contributed by atoms with van der Waals surface area (Å²) < 4.78 is 0. The molecule has 0 spiro atoms. The second-order valence-corrected chi connectivity index (χ2v) is 9.06. The van der Waals surface area contributed by atoms with E-state index in [1.165, 1.54) is 11.1 Å². The first kappa shape index (κ1) is 25.8. The number of rotatable bonds is 5. The molecule has 2 aromatic carbocycles. The molecule has 1 nitrogen and oxygen atoms in total. The van der Waals surface area contributed by atoms with Crippen molar-refractivity contribution in [2.75, 3.05) is 0 Å². The van der Waals surface area contributed by atoms with Gasteiger partial charge in [-0.2, -0.15) is 6.08 Å². The molecular weight excluding hydrogens is 378 g/mol.